The molecule has 1 N–H and O–H groups in total. The van der Waals surface area contributed by atoms with Crippen LogP contribution in [0, 0.1) is 28.1 Å². The average molecular weight is 302 g/mol. The van der Waals surface area contributed by atoms with Crippen molar-refractivity contribution in [2.45, 2.75) is 65.7 Å². The van der Waals surface area contributed by atoms with Gasteiger partial charge in [-0.25, -0.2) is 0 Å². The van der Waals surface area contributed by atoms with Gasteiger partial charge in [-0.2, -0.15) is 0 Å². The summed E-state index contributed by atoms with van der Waals surface area (Å²) < 4.78 is 0. The highest BCUT2D eigenvalue weighted by Gasteiger charge is 2.57. The molecule has 0 aromatic rings. The molecule has 0 radical (unpaired) electrons. The number of fused-ring (bicyclic) bond motifs is 3. The summed E-state index contributed by atoms with van der Waals surface area (Å²) in [6.45, 7) is 10.7. The van der Waals surface area contributed by atoms with Crippen molar-refractivity contribution in [1.29, 1.82) is 0 Å². The minimum Gasteiger partial charge on any atom is -0.481 e. The molecule has 0 spiro atoms. The fourth-order valence-corrected chi connectivity index (χ4v) is 5.87. The first-order chi connectivity index (χ1) is 10.3. The van der Waals surface area contributed by atoms with Gasteiger partial charge in [0, 0.05) is 0 Å². The van der Waals surface area contributed by atoms with E-state index in [4.69, 9.17) is 0 Å². The van der Waals surface area contributed by atoms with Gasteiger partial charge in [-0.05, 0) is 68.1 Å². The lowest BCUT2D eigenvalue weighted by Gasteiger charge is -2.58. The van der Waals surface area contributed by atoms with Crippen molar-refractivity contribution in [2.24, 2.45) is 28.1 Å². The molecule has 122 valence electrons. The maximum atomic E-state index is 11.9. The first-order valence-corrected chi connectivity index (χ1v) is 8.83. The molecule has 0 heterocycles. The summed E-state index contributed by atoms with van der Waals surface area (Å²) in [5.41, 5.74) is 1.35. The van der Waals surface area contributed by atoms with Gasteiger partial charge < -0.3 is 5.11 Å². The van der Waals surface area contributed by atoms with Crippen LogP contribution in [-0.4, -0.2) is 11.1 Å². The Morgan fingerprint density at radius 2 is 2.05 bits per heavy atom. The van der Waals surface area contributed by atoms with E-state index in [1.54, 1.807) is 5.57 Å². The Labute approximate surface area is 134 Å². The number of rotatable bonds is 2. The van der Waals surface area contributed by atoms with Crippen LogP contribution in [0.25, 0.3) is 0 Å². The van der Waals surface area contributed by atoms with Crippen LogP contribution >= 0.6 is 0 Å². The molecular weight excluding hydrogens is 272 g/mol. The van der Waals surface area contributed by atoms with Crippen molar-refractivity contribution in [3.8, 4) is 0 Å². The van der Waals surface area contributed by atoms with E-state index < -0.39 is 11.4 Å². The Balaban J connectivity index is 1.99. The van der Waals surface area contributed by atoms with E-state index in [2.05, 4.69) is 32.6 Å². The van der Waals surface area contributed by atoms with Crippen molar-refractivity contribution in [3.63, 3.8) is 0 Å². The van der Waals surface area contributed by atoms with Crippen molar-refractivity contribution < 1.29 is 9.90 Å². The van der Waals surface area contributed by atoms with Crippen molar-refractivity contribution in [1.82, 2.24) is 0 Å². The lowest BCUT2D eigenvalue weighted by Crippen LogP contribution is -2.52. The molecule has 2 saturated carbocycles. The third-order valence-corrected chi connectivity index (χ3v) is 7.32. The van der Waals surface area contributed by atoms with E-state index >= 15 is 0 Å². The molecule has 0 aromatic heterocycles. The average Bonchev–Trinajstić information content (AvgIpc) is 2.46. The van der Waals surface area contributed by atoms with Crippen LogP contribution < -0.4 is 0 Å². The lowest BCUT2D eigenvalue weighted by molar-refractivity contribution is -0.160. The van der Waals surface area contributed by atoms with Gasteiger partial charge in [0.2, 0.25) is 0 Å². The van der Waals surface area contributed by atoms with Gasteiger partial charge >= 0.3 is 5.97 Å². The Morgan fingerprint density at radius 1 is 1.32 bits per heavy atom. The number of carboxylic acids is 1. The zero-order valence-corrected chi connectivity index (χ0v) is 14.3. The topological polar surface area (TPSA) is 37.3 Å². The van der Waals surface area contributed by atoms with E-state index in [-0.39, 0.29) is 10.8 Å². The number of hydrogen-bond acceptors (Lipinski definition) is 1. The zero-order valence-electron chi connectivity index (χ0n) is 14.3. The molecule has 5 atom stereocenters. The quantitative estimate of drug-likeness (QED) is 0.711. The molecule has 0 bridgehead atoms. The Bertz CT molecular complexity index is 534. The van der Waals surface area contributed by atoms with Gasteiger partial charge in [-0.15, -0.1) is 6.58 Å². The molecule has 3 rings (SSSR count). The predicted molar refractivity (Wildman–Crippen MR) is 89.5 cm³/mol. The van der Waals surface area contributed by atoms with Gasteiger partial charge in [0.05, 0.1) is 5.41 Å². The van der Waals surface area contributed by atoms with Crippen LogP contribution in [0.5, 0.6) is 0 Å². The standard InChI is InChI=1S/C20H30O2/c1-5-18(2)12-9-15-14(13-18)7-8-16-19(15,3)10-6-11-20(16,4)17(21)22/h5,9,14,16H,1,6-8,10-13H2,2-4H3,(H,21,22)/t14-,16+,18+,19+,20-/m1/s1. The van der Waals surface area contributed by atoms with Gasteiger partial charge in [0.1, 0.15) is 0 Å². The molecule has 2 fully saturated rings. The summed E-state index contributed by atoms with van der Waals surface area (Å²) in [5.74, 6) is 0.338. The molecule has 2 heteroatoms. The summed E-state index contributed by atoms with van der Waals surface area (Å²) >= 11 is 0. The van der Waals surface area contributed by atoms with Crippen LogP contribution in [-0.2, 0) is 4.79 Å². The molecule has 0 unspecified atom stereocenters. The van der Waals surface area contributed by atoms with Gasteiger partial charge in [0.15, 0.2) is 0 Å². The van der Waals surface area contributed by atoms with Gasteiger partial charge in [-0.1, -0.05) is 38.0 Å². The molecule has 0 aromatic carbocycles. The van der Waals surface area contributed by atoms with Crippen molar-refractivity contribution in [2.75, 3.05) is 0 Å². The van der Waals surface area contributed by atoms with E-state index in [0.29, 0.717) is 11.8 Å². The van der Waals surface area contributed by atoms with Crippen LogP contribution in [0.1, 0.15) is 65.7 Å². The normalized spacial score (nSPS) is 47.9. The number of carboxylic acid groups (broad SMARTS) is 1. The second kappa shape index (κ2) is 4.97. The third-order valence-electron chi connectivity index (χ3n) is 7.32. The summed E-state index contributed by atoms with van der Waals surface area (Å²) in [5, 5.41) is 9.84. The van der Waals surface area contributed by atoms with E-state index in [9.17, 15) is 9.90 Å². The molecule has 3 aliphatic rings. The zero-order chi connectivity index (χ0) is 16.2. The highest BCUT2D eigenvalue weighted by Crippen LogP contribution is 2.63. The molecule has 0 amide bonds. The molecule has 0 saturated heterocycles. The molecular formula is C20H30O2. The van der Waals surface area contributed by atoms with Gasteiger partial charge in [-0.3, -0.25) is 4.79 Å². The predicted octanol–water partition coefficient (Wildman–Crippen LogP) is 5.21. The molecule has 2 nitrogen and oxygen atoms in total. The minimum absolute atomic E-state index is 0.0941. The Hall–Kier alpha value is -1.05. The van der Waals surface area contributed by atoms with E-state index in [0.717, 1.165) is 38.5 Å². The first kappa shape index (κ1) is 15.8. The maximum Gasteiger partial charge on any atom is 0.309 e. The largest absolute Gasteiger partial charge is 0.481 e. The highest BCUT2D eigenvalue weighted by atomic mass is 16.4. The van der Waals surface area contributed by atoms with Crippen molar-refractivity contribution in [3.05, 3.63) is 24.3 Å². The smallest absolute Gasteiger partial charge is 0.309 e. The van der Waals surface area contributed by atoms with Crippen LogP contribution in [0.15, 0.2) is 24.3 Å². The second-order valence-electron chi connectivity index (χ2n) is 8.75. The first-order valence-electron chi connectivity index (χ1n) is 8.83. The monoisotopic (exact) mass is 302 g/mol. The Morgan fingerprint density at radius 3 is 2.68 bits per heavy atom. The summed E-state index contributed by atoms with van der Waals surface area (Å²) in [7, 11) is 0. The SMILES string of the molecule is C=C[C@@]1(C)CC=C2[C@H](CC[C@@H]3[C@](C)(C(=O)O)CCC[C@@]23C)C1. The fraction of sp³-hybridized carbons (Fsp3) is 0.750. The molecule has 3 aliphatic carbocycles. The van der Waals surface area contributed by atoms with Crippen LogP contribution in [0.4, 0.5) is 0 Å². The number of hydrogen-bond donors (Lipinski definition) is 1. The third kappa shape index (κ3) is 2.10. The number of carbonyl (C=O) groups is 1. The molecule has 22 heavy (non-hydrogen) atoms. The highest BCUT2D eigenvalue weighted by molar-refractivity contribution is 5.75. The minimum atomic E-state index is -0.589. The van der Waals surface area contributed by atoms with Crippen LogP contribution in [0.2, 0.25) is 0 Å². The second-order valence-corrected chi connectivity index (χ2v) is 8.75. The van der Waals surface area contributed by atoms with E-state index in [1.165, 1.54) is 6.42 Å². The summed E-state index contributed by atoms with van der Waals surface area (Å²) in [6.07, 6.45) is 12.1. The number of allylic oxidation sites excluding steroid dienone is 3. The summed E-state index contributed by atoms with van der Waals surface area (Å²) in [4.78, 5) is 11.9. The molecule has 0 aliphatic heterocycles. The Kier molecular flexibility index (Phi) is 3.58. The van der Waals surface area contributed by atoms with E-state index in [1.807, 2.05) is 6.92 Å². The summed E-state index contributed by atoms with van der Waals surface area (Å²) in [6, 6.07) is 0. The van der Waals surface area contributed by atoms with Crippen LogP contribution in [0.3, 0.4) is 0 Å². The maximum absolute atomic E-state index is 11.9. The van der Waals surface area contributed by atoms with Gasteiger partial charge in [0.25, 0.3) is 0 Å². The fourth-order valence-electron chi connectivity index (χ4n) is 5.87. The van der Waals surface area contributed by atoms with Crippen molar-refractivity contribution >= 4 is 5.97 Å². The number of aliphatic carboxylic acids is 1. The lowest BCUT2D eigenvalue weighted by atomic mass is 9.46.